The van der Waals surface area contributed by atoms with Crippen molar-refractivity contribution in [2.45, 2.75) is 32.0 Å². The third kappa shape index (κ3) is 4.79. The molecule has 0 aromatic heterocycles. The number of rotatable bonds is 6. The normalized spacial score (nSPS) is 15.3. The number of hydroxylamine groups is 1. The van der Waals surface area contributed by atoms with Crippen LogP contribution in [0.25, 0.3) is 11.1 Å². The summed E-state index contributed by atoms with van der Waals surface area (Å²) in [6.45, 7) is 1.87. The Labute approximate surface area is 166 Å². The largest absolute Gasteiger partial charge is 0.336 e. The number of nitrogens with one attached hydrogen (secondary N) is 2. The molecule has 1 saturated carbocycles. The van der Waals surface area contributed by atoms with Crippen LogP contribution in [-0.4, -0.2) is 42.3 Å². The summed E-state index contributed by atoms with van der Waals surface area (Å²) < 4.78 is 0. The van der Waals surface area contributed by atoms with Gasteiger partial charge in [-0.15, -0.1) is 0 Å². The van der Waals surface area contributed by atoms with E-state index in [0.29, 0.717) is 11.5 Å². The molecule has 1 amide bonds. The van der Waals surface area contributed by atoms with Crippen LogP contribution in [-0.2, 0) is 0 Å². The zero-order valence-electron chi connectivity index (χ0n) is 16.6. The van der Waals surface area contributed by atoms with Crippen molar-refractivity contribution >= 4 is 5.91 Å². The molecule has 28 heavy (non-hydrogen) atoms. The minimum absolute atomic E-state index is 0.0970. The Hall–Kier alpha value is -2.65. The van der Waals surface area contributed by atoms with Crippen LogP contribution in [0.4, 0.5) is 0 Å². The zero-order valence-corrected chi connectivity index (χ0v) is 16.6. The summed E-state index contributed by atoms with van der Waals surface area (Å²) in [7, 11) is 3.45. The van der Waals surface area contributed by atoms with Gasteiger partial charge in [0.15, 0.2) is 0 Å². The van der Waals surface area contributed by atoms with E-state index in [1.54, 1.807) is 19.0 Å². The Morgan fingerprint density at radius 2 is 1.68 bits per heavy atom. The van der Waals surface area contributed by atoms with Crippen molar-refractivity contribution in [3.63, 3.8) is 0 Å². The third-order valence-corrected chi connectivity index (χ3v) is 5.21. The highest BCUT2D eigenvalue weighted by Crippen LogP contribution is 2.27. The monoisotopic (exact) mass is 377 g/mol. The van der Waals surface area contributed by atoms with E-state index >= 15 is 0 Å². The number of benzene rings is 2. The molecule has 5 nitrogen and oxygen atoms in total. The van der Waals surface area contributed by atoms with Crippen LogP contribution in [0.1, 0.15) is 35.7 Å². The van der Waals surface area contributed by atoms with E-state index in [9.17, 15) is 10.0 Å². The number of nitrogens with zero attached hydrogens (tertiary/aromatic N) is 1. The molecule has 0 bridgehead atoms. The van der Waals surface area contributed by atoms with E-state index in [2.05, 4.69) is 34.8 Å². The van der Waals surface area contributed by atoms with Crippen LogP contribution in [0, 0.1) is 17.8 Å². The van der Waals surface area contributed by atoms with E-state index in [0.717, 1.165) is 16.7 Å². The Morgan fingerprint density at radius 1 is 1.11 bits per heavy atom. The van der Waals surface area contributed by atoms with Crippen molar-refractivity contribution in [3.05, 3.63) is 59.7 Å². The molecule has 0 saturated heterocycles. The van der Waals surface area contributed by atoms with Crippen molar-refractivity contribution in [3.8, 4) is 23.0 Å². The van der Waals surface area contributed by atoms with Crippen LogP contribution in [0.5, 0.6) is 0 Å². The minimum Gasteiger partial charge on any atom is -0.336 e. The number of carbonyl (C=O) groups is 1. The van der Waals surface area contributed by atoms with E-state index in [1.165, 1.54) is 12.8 Å². The third-order valence-electron chi connectivity index (χ3n) is 5.21. The van der Waals surface area contributed by atoms with Crippen molar-refractivity contribution in [1.82, 2.24) is 15.7 Å². The lowest BCUT2D eigenvalue weighted by Crippen LogP contribution is -2.54. The highest BCUT2D eigenvalue weighted by molar-refractivity contribution is 5.94. The van der Waals surface area contributed by atoms with Crippen LogP contribution < -0.4 is 10.8 Å². The first-order chi connectivity index (χ1) is 13.5. The Kier molecular flexibility index (Phi) is 6.48. The summed E-state index contributed by atoms with van der Waals surface area (Å²) in [4.78, 5) is 14.3. The molecule has 0 aliphatic heterocycles. The van der Waals surface area contributed by atoms with E-state index in [-0.39, 0.29) is 11.9 Å². The predicted molar refractivity (Wildman–Crippen MR) is 111 cm³/mol. The standard InChI is InChI=1S/C23H27N3O2/c1-16(22(24-2)25-28)26(3)23(27)21-14-12-20(13-15-21)19-10-8-18(9-11-19)7-6-17-4-5-17/h8-17,22,24-25,28H,4-5H2,1-3H3. The van der Waals surface area contributed by atoms with E-state index < -0.39 is 6.17 Å². The molecule has 1 aliphatic rings. The summed E-state index contributed by atoms with van der Waals surface area (Å²) in [5.41, 5.74) is 5.97. The lowest BCUT2D eigenvalue weighted by molar-refractivity contribution is 0.0493. The molecule has 3 rings (SSSR count). The quantitative estimate of drug-likeness (QED) is 0.411. The fraction of sp³-hybridized carbons (Fsp3) is 0.348. The second-order valence-electron chi connectivity index (χ2n) is 7.25. The summed E-state index contributed by atoms with van der Waals surface area (Å²) in [5.74, 6) is 7.00. The number of likely N-dealkylation sites (N-methyl/N-ethyl adjacent to an activating group) is 2. The van der Waals surface area contributed by atoms with Gasteiger partial charge in [-0.3, -0.25) is 4.79 Å². The van der Waals surface area contributed by atoms with Gasteiger partial charge in [0.2, 0.25) is 0 Å². The Morgan fingerprint density at radius 3 is 2.18 bits per heavy atom. The summed E-state index contributed by atoms with van der Waals surface area (Å²) >= 11 is 0. The van der Waals surface area contributed by atoms with Crippen LogP contribution in [0.15, 0.2) is 48.5 Å². The van der Waals surface area contributed by atoms with Gasteiger partial charge in [0, 0.05) is 24.1 Å². The number of carbonyl (C=O) groups excluding carboxylic acids is 1. The van der Waals surface area contributed by atoms with Gasteiger partial charge < -0.3 is 15.4 Å². The number of hydrogen-bond acceptors (Lipinski definition) is 4. The van der Waals surface area contributed by atoms with Crippen molar-refractivity contribution in [1.29, 1.82) is 0 Å². The molecule has 2 atom stereocenters. The van der Waals surface area contributed by atoms with Gasteiger partial charge in [-0.25, -0.2) is 0 Å². The van der Waals surface area contributed by atoms with Crippen molar-refractivity contribution in [2.24, 2.45) is 5.92 Å². The molecule has 1 fully saturated rings. The lowest BCUT2D eigenvalue weighted by atomic mass is 10.0. The second kappa shape index (κ2) is 9.03. The van der Waals surface area contributed by atoms with Crippen LogP contribution in [0.2, 0.25) is 0 Å². The molecule has 2 unspecified atom stereocenters. The summed E-state index contributed by atoms with van der Waals surface area (Å²) in [6, 6.07) is 15.6. The molecule has 146 valence electrons. The van der Waals surface area contributed by atoms with Crippen LogP contribution in [0.3, 0.4) is 0 Å². The zero-order chi connectivity index (χ0) is 20.1. The van der Waals surface area contributed by atoms with Gasteiger partial charge in [-0.05, 0) is 62.2 Å². The molecule has 0 heterocycles. The molecular formula is C23H27N3O2. The van der Waals surface area contributed by atoms with Crippen LogP contribution >= 0.6 is 0 Å². The van der Waals surface area contributed by atoms with Gasteiger partial charge in [0.05, 0.1) is 6.04 Å². The smallest absolute Gasteiger partial charge is 0.253 e. The second-order valence-corrected chi connectivity index (χ2v) is 7.25. The van der Waals surface area contributed by atoms with Crippen molar-refractivity contribution < 1.29 is 10.0 Å². The first kappa shape index (κ1) is 20.1. The maximum absolute atomic E-state index is 12.7. The molecule has 2 aromatic rings. The maximum atomic E-state index is 12.7. The molecule has 0 radical (unpaired) electrons. The fourth-order valence-corrected chi connectivity index (χ4v) is 2.99. The predicted octanol–water partition coefficient (Wildman–Crippen LogP) is 3.10. The average molecular weight is 377 g/mol. The van der Waals surface area contributed by atoms with Gasteiger partial charge in [-0.1, -0.05) is 36.1 Å². The molecule has 0 spiro atoms. The first-order valence-corrected chi connectivity index (χ1v) is 9.59. The van der Waals surface area contributed by atoms with Gasteiger partial charge in [0.25, 0.3) is 5.91 Å². The van der Waals surface area contributed by atoms with Gasteiger partial charge in [0.1, 0.15) is 6.17 Å². The fourth-order valence-electron chi connectivity index (χ4n) is 2.99. The van der Waals surface area contributed by atoms with E-state index in [4.69, 9.17) is 0 Å². The van der Waals surface area contributed by atoms with Gasteiger partial charge >= 0.3 is 0 Å². The maximum Gasteiger partial charge on any atom is 0.253 e. The topological polar surface area (TPSA) is 64.6 Å². The first-order valence-electron chi connectivity index (χ1n) is 9.59. The highest BCUT2D eigenvalue weighted by atomic mass is 16.5. The number of amides is 1. The SMILES string of the molecule is CNC(NO)C(C)N(C)C(=O)c1ccc(-c2ccc(C#CC3CC3)cc2)cc1. The molecule has 2 aromatic carbocycles. The molecule has 1 aliphatic carbocycles. The van der Waals surface area contributed by atoms with E-state index in [1.807, 2.05) is 43.3 Å². The number of hydrogen-bond donors (Lipinski definition) is 3. The average Bonchev–Trinajstić information content (AvgIpc) is 3.57. The molecule has 3 N–H and O–H groups in total. The Balaban J connectivity index is 1.68. The molecular weight excluding hydrogens is 350 g/mol. The highest BCUT2D eigenvalue weighted by Gasteiger charge is 2.23. The lowest BCUT2D eigenvalue weighted by Gasteiger charge is -2.31. The van der Waals surface area contributed by atoms with Crippen molar-refractivity contribution in [2.75, 3.05) is 14.1 Å². The van der Waals surface area contributed by atoms with Gasteiger partial charge in [-0.2, -0.15) is 5.48 Å². The summed E-state index contributed by atoms with van der Waals surface area (Å²) in [5, 5.41) is 12.1. The Bertz CT molecular complexity index is 857. The molecule has 5 heteroatoms. The summed E-state index contributed by atoms with van der Waals surface area (Å²) in [6.07, 6.45) is 2.06. The minimum atomic E-state index is -0.408.